The minimum absolute atomic E-state index is 0.133. The summed E-state index contributed by atoms with van der Waals surface area (Å²) in [5.41, 5.74) is 13.7. The number of H-pyrrole nitrogens is 1. The number of imidazole rings is 1. The second kappa shape index (κ2) is 17.4. The van der Waals surface area contributed by atoms with E-state index in [2.05, 4.69) is 20.3 Å². The second-order valence-electron chi connectivity index (χ2n) is 10.8. The number of alkyl halides is 6. The van der Waals surface area contributed by atoms with Crippen molar-refractivity contribution in [1.29, 1.82) is 0 Å². The predicted molar refractivity (Wildman–Crippen MR) is 178 cm³/mol. The van der Waals surface area contributed by atoms with Gasteiger partial charge in [0.1, 0.15) is 23.5 Å². The largest absolute Gasteiger partial charge is 0.491 e. The number of carbonyl (C=O) groups is 3. The van der Waals surface area contributed by atoms with Gasteiger partial charge >= 0.3 is 24.3 Å². The summed E-state index contributed by atoms with van der Waals surface area (Å²) in [4.78, 5) is 41.6. The zero-order chi connectivity index (χ0) is 40.5. The van der Waals surface area contributed by atoms with Gasteiger partial charge in [-0.3, -0.25) is 4.79 Å². The number of rotatable bonds is 9. The number of nitrogens with two attached hydrogens (primary N) is 2. The maximum atomic E-state index is 15.9. The lowest BCUT2D eigenvalue weighted by atomic mass is 9.99. The molecule has 3 aromatic carbocycles. The average Bonchev–Trinajstić information content (AvgIpc) is 3.58. The van der Waals surface area contributed by atoms with Crippen molar-refractivity contribution in [1.82, 2.24) is 15.0 Å². The molecule has 20 heteroatoms. The van der Waals surface area contributed by atoms with E-state index in [-0.39, 0.29) is 16.9 Å². The molecular weight excluding hydrogens is 740 g/mol. The lowest BCUT2D eigenvalue weighted by Gasteiger charge is -2.22. The van der Waals surface area contributed by atoms with Gasteiger partial charge in [-0.15, -0.1) is 0 Å². The highest BCUT2D eigenvalue weighted by molar-refractivity contribution is 5.99. The molecule has 0 spiro atoms. The highest BCUT2D eigenvalue weighted by atomic mass is 19.4. The Bertz CT molecular complexity index is 2110. The van der Waals surface area contributed by atoms with E-state index >= 15 is 4.39 Å². The Morgan fingerprint density at radius 3 is 2.11 bits per heavy atom. The first-order valence-electron chi connectivity index (χ1n) is 15.3. The topological polar surface area (TPSA) is 207 Å². The number of fused-ring (bicyclic) bond motifs is 1. The maximum absolute atomic E-state index is 15.9. The van der Waals surface area contributed by atoms with Crippen LogP contribution in [0, 0.1) is 11.6 Å². The molecule has 5 aromatic rings. The molecule has 1 unspecified atom stereocenters. The van der Waals surface area contributed by atoms with Gasteiger partial charge in [0.05, 0.1) is 24.1 Å². The summed E-state index contributed by atoms with van der Waals surface area (Å²) < 4.78 is 99.5. The van der Waals surface area contributed by atoms with Crippen molar-refractivity contribution in [3.8, 4) is 17.0 Å². The van der Waals surface area contributed by atoms with E-state index in [1.54, 1.807) is 31.3 Å². The van der Waals surface area contributed by atoms with Crippen LogP contribution in [-0.2, 0) is 16.0 Å². The van der Waals surface area contributed by atoms with Crippen LogP contribution in [0.5, 0.6) is 5.75 Å². The van der Waals surface area contributed by atoms with Crippen LogP contribution < -0.4 is 21.5 Å². The number of carboxylic acid groups (broad SMARTS) is 2. The molecule has 288 valence electrons. The Morgan fingerprint density at radius 2 is 1.56 bits per heavy atom. The Kier molecular flexibility index (Phi) is 13.5. The first-order valence-corrected chi connectivity index (χ1v) is 15.3. The smallest absolute Gasteiger partial charge is 0.490 e. The Balaban J connectivity index is 0.000000476. The molecule has 0 fully saturated rings. The number of aryl methyl sites for hydroxylation is 1. The fourth-order valence-corrected chi connectivity index (χ4v) is 4.72. The molecular formula is C34H30F8N6O6. The minimum atomic E-state index is -5.08. The van der Waals surface area contributed by atoms with E-state index in [0.29, 0.717) is 41.6 Å². The number of ether oxygens (including phenoxy) is 1. The SMILES string of the molecule is CCOc1cc(CC)cc(C(Nc2ccc3c(N)nccc3c2)c2ncc(-c3cccc(F)c3C(N)=O)[nH]2)c1F.O=C(O)C(F)(F)F.O=C(O)C(F)(F)F. The number of aliphatic carboxylic acids is 2. The molecule has 1 atom stereocenters. The number of carboxylic acids is 2. The quantitative estimate of drug-likeness (QED) is 0.0845. The van der Waals surface area contributed by atoms with Crippen molar-refractivity contribution in [3.63, 3.8) is 0 Å². The normalized spacial score (nSPS) is 11.7. The number of hydrogen-bond acceptors (Lipinski definition) is 8. The highest BCUT2D eigenvalue weighted by Gasteiger charge is 2.39. The lowest BCUT2D eigenvalue weighted by molar-refractivity contribution is -0.193. The molecule has 12 nitrogen and oxygen atoms in total. The number of nitrogen functional groups attached to an aromatic ring is 1. The molecule has 54 heavy (non-hydrogen) atoms. The van der Waals surface area contributed by atoms with Gasteiger partial charge in [0.25, 0.3) is 5.91 Å². The number of anilines is 2. The summed E-state index contributed by atoms with van der Waals surface area (Å²) in [6.07, 6.45) is -6.44. The number of pyridine rings is 1. The number of aromatic amines is 1. The van der Waals surface area contributed by atoms with Crippen LogP contribution in [0.2, 0.25) is 0 Å². The van der Waals surface area contributed by atoms with Crippen molar-refractivity contribution in [2.75, 3.05) is 17.7 Å². The second-order valence-corrected chi connectivity index (χ2v) is 10.8. The Morgan fingerprint density at radius 1 is 0.926 bits per heavy atom. The van der Waals surface area contributed by atoms with Crippen LogP contribution in [0.4, 0.5) is 46.6 Å². The van der Waals surface area contributed by atoms with Gasteiger partial charge in [0.2, 0.25) is 0 Å². The number of nitrogens with zero attached hydrogens (tertiary/aromatic N) is 2. The van der Waals surface area contributed by atoms with Gasteiger partial charge in [-0.1, -0.05) is 25.1 Å². The number of carbonyl (C=O) groups excluding carboxylic acids is 1. The van der Waals surface area contributed by atoms with Crippen LogP contribution in [0.15, 0.2) is 67.0 Å². The third-order valence-electron chi connectivity index (χ3n) is 7.16. The molecule has 0 aliphatic rings. The van der Waals surface area contributed by atoms with E-state index < -0.39 is 47.9 Å². The predicted octanol–water partition coefficient (Wildman–Crippen LogP) is 7.01. The van der Waals surface area contributed by atoms with Gasteiger partial charge in [-0.05, 0) is 60.7 Å². The van der Waals surface area contributed by atoms with Gasteiger partial charge in [-0.2, -0.15) is 26.3 Å². The molecule has 0 saturated heterocycles. The summed E-state index contributed by atoms with van der Waals surface area (Å²) in [6.45, 7) is 4.05. The number of hydrogen-bond donors (Lipinski definition) is 6. The zero-order valence-electron chi connectivity index (χ0n) is 27.9. The van der Waals surface area contributed by atoms with Crippen molar-refractivity contribution in [2.45, 2.75) is 38.7 Å². The number of halogens is 8. The van der Waals surface area contributed by atoms with E-state index in [1.807, 2.05) is 31.2 Å². The first kappa shape index (κ1) is 41.9. The van der Waals surface area contributed by atoms with Crippen molar-refractivity contribution < 1.29 is 64.5 Å². The summed E-state index contributed by atoms with van der Waals surface area (Å²) in [7, 11) is 0. The third-order valence-corrected chi connectivity index (χ3v) is 7.16. The fourth-order valence-electron chi connectivity index (χ4n) is 4.72. The lowest BCUT2D eigenvalue weighted by Crippen LogP contribution is -2.21. The zero-order valence-corrected chi connectivity index (χ0v) is 27.9. The molecule has 8 N–H and O–H groups in total. The Labute approximate surface area is 299 Å². The maximum Gasteiger partial charge on any atom is 0.490 e. The van der Waals surface area contributed by atoms with Crippen LogP contribution in [0.25, 0.3) is 22.0 Å². The fraction of sp³-hybridized carbons (Fsp3) is 0.206. The van der Waals surface area contributed by atoms with Gasteiger partial charge < -0.3 is 36.7 Å². The molecule has 5 rings (SSSR count). The highest BCUT2D eigenvalue weighted by Crippen LogP contribution is 2.35. The molecule has 0 aliphatic carbocycles. The van der Waals surface area contributed by atoms with E-state index in [9.17, 15) is 35.5 Å². The monoisotopic (exact) mass is 770 g/mol. The van der Waals surface area contributed by atoms with Gasteiger partial charge in [0.15, 0.2) is 11.6 Å². The van der Waals surface area contributed by atoms with Crippen molar-refractivity contribution in [2.24, 2.45) is 5.73 Å². The third kappa shape index (κ3) is 10.5. The number of aromatic nitrogens is 3. The summed E-state index contributed by atoms with van der Waals surface area (Å²) in [5.74, 6) is -6.84. The first-order chi connectivity index (χ1) is 25.2. The molecule has 0 saturated carbocycles. The average molecular weight is 771 g/mol. The molecule has 0 radical (unpaired) electrons. The molecule has 1 amide bonds. The standard InChI is InChI=1S/C30H28F2N6O2.2C2HF3O2/c1-3-16-12-21(26(32)24(13-16)40-4-2)27(37-18-8-9-19-17(14-18)10-11-35-28(19)33)30-36-15-23(38-30)20-6-5-7-22(31)25(20)29(34)39;2*3-2(4,5)1(6)7/h5-15,27,37H,3-4H2,1-2H3,(H2,33,35)(H2,34,39)(H,36,38);2*(H,6,7). The number of nitrogens with one attached hydrogen (secondary N) is 2. The number of benzene rings is 3. The van der Waals surface area contributed by atoms with Crippen LogP contribution in [0.1, 0.15) is 47.2 Å². The van der Waals surface area contributed by atoms with Gasteiger partial charge in [0, 0.05) is 28.4 Å². The molecule has 2 aromatic heterocycles. The molecule has 0 bridgehead atoms. The molecule has 2 heterocycles. The van der Waals surface area contributed by atoms with Crippen molar-refractivity contribution >= 4 is 40.1 Å². The van der Waals surface area contributed by atoms with E-state index in [1.165, 1.54) is 12.3 Å². The van der Waals surface area contributed by atoms with Crippen molar-refractivity contribution in [3.05, 3.63) is 101 Å². The van der Waals surface area contributed by atoms with Crippen LogP contribution in [0.3, 0.4) is 0 Å². The number of primary amides is 1. The molecule has 0 aliphatic heterocycles. The van der Waals surface area contributed by atoms with E-state index in [0.717, 1.165) is 22.4 Å². The summed E-state index contributed by atoms with van der Waals surface area (Å²) in [5, 5.41) is 19.3. The van der Waals surface area contributed by atoms with E-state index in [4.69, 9.17) is 36.0 Å². The van der Waals surface area contributed by atoms with Gasteiger partial charge in [-0.25, -0.2) is 28.3 Å². The Hall–Kier alpha value is -6.47. The van der Waals surface area contributed by atoms with Crippen LogP contribution in [-0.4, -0.2) is 62.0 Å². The number of amides is 1. The summed E-state index contributed by atoms with van der Waals surface area (Å²) in [6, 6.07) is 14.2. The van der Waals surface area contributed by atoms with Crippen LogP contribution >= 0.6 is 0 Å². The minimum Gasteiger partial charge on any atom is -0.491 e. The summed E-state index contributed by atoms with van der Waals surface area (Å²) >= 11 is 0.